The fourth-order valence-corrected chi connectivity index (χ4v) is 2.60. The summed E-state index contributed by atoms with van der Waals surface area (Å²) < 4.78 is 0. The third kappa shape index (κ3) is 2.35. The average molecular weight is 248 g/mol. The van der Waals surface area contributed by atoms with Crippen molar-refractivity contribution in [1.82, 2.24) is 0 Å². The highest BCUT2D eigenvalue weighted by Crippen LogP contribution is 2.29. The summed E-state index contributed by atoms with van der Waals surface area (Å²) >= 11 is 0. The van der Waals surface area contributed by atoms with Gasteiger partial charge in [0.05, 0.1) is 0 Å². The van der Waals surface area contributed by atoms with E-state index >= 15 is 0 Å². The first-order chi connectivity index (χ1) is 9.04. The van der Waals surface area contributed by atoms with Crippen LogP contribution < -0.4 is 0 Å². The Kier molecular flexibility index (Phi) is 2.82. The van der Waals surface area contributed by atoms with Crippen molar-refractivity contribution in [2.75, 3.05) is 0 Å². The second-order valence-corrected chi connectivity index (χ2v) is 6.35. The van der Waals surface area contributed by atoms with Crippen LogP contribution >= 0.6 is 0 Å². The third-order valence-corrected chi connectivity index (χ3v) is 3.86. The molecule has 0 amide bonds. The summed E-state index contributed by atoms with van der Waals surface area (Å²) in [6, 6.07) is 15.8. The Balaban J connectivity index is 1.95. The zero-order valence-electron chi connectivity index (χ0n) is 11.9. The summed E-state index contributed by atoms with van der Waals surface area (Å²) in [6.45, 7) is 6.76. The predicted molar refractivity (Wildman–Crippen MR) is 83.3 cm³/mol. The quantitative estimate of drug-likeness (QED) is 0.649. The minimum atomic E-state index is 0.223. The maximum absolute atomic E-state index is 2.32. The molecule has 1 aliphatic rings. The highest BCUT2D eigenvalue weighted by Gasteiger charge is 2.13. The molecule has 0 heteroatoms. The van der Waals surface area contributed by atoms with Crippen molar-refractivity contribution in [3.05, 3.63) is 65.2 Å². The van der Waals surface area contributed by atoms with Gasteiger partial charge in [-0.2, -0.15) is 0 Å². The van der Waals surface area contributed by atoms with E-state index in [1.54, 1.807) is 0 Å². The molecule has 0 nitrogen and oxygen atoms in total. The molecule has 0 spiro atoms. The van der Waals surface area contributed by atoms with Crippen molar-refractivity contribution in [3.8, 4) is 11.1 Å². The first kappa shape index (κ1) is 12.2. The molecule has 2 aromatic rings. The van der Waals surface area contributed by atoms with E-state index in [0.717, 1.165) is 6.42 Å². The van der Waals surface area contributed by atoms with Gasteiger partial charge in [-0.05, 0) is 39.7 Å². The largest absolute Gasteiger partial charge is 0.0795 e. The van der Waals surface area contributed by atoms with Gasteiger partial charge in [0.15, 0.2) is 0 Å². The summed E-state index contributed by atoms with van der Waals surface area (Å²) in [7, 11) is 0. The number of fused-ring (bicyclic) bond motifs is 1. The lowest BCUT2D eigenvalue weighted by atomic mass is 9.86. The van der Waals surface area contributed by atoms with Crippen molar-refractivity contribution < 1.29 is 0 Å². The molecule has 0 atom stereocenters. The molecule has 0 radical (unpaired) electrons. The lowest BCUT2D eigenvalue weighted by molar-refractivity contribution is 0.590. The van der Waals surface area contributed by atoms with E-state index in [4.69, 9.17) is 0 Å². The molecule has 0 fully saturated rings. The van der Waals surface area contributed by atoms with Gasteiger partial charge in [-0.1, -0.05) is 75.4 Å². The number of benzene rings is 2. The van der Waals surface area contributed by atoms with E-state index in [1.165, 1.54) is 27.8 Å². The molecule has 1 aliphatic carbocycles. The third-order valence-electron chi connectivity index (χ3n) is 3.86. The molecule has 0 heterocycles. The van der Waals surface area contributed by atoms with Crippen molar-refractivity contribution in [3.63, 3.8) is 0 Å². The van der Waals surface area contributed by atoms with Gasteiger partial charge in [0.25, 0.3) is 0 Å². The van der Waals surface area contributed by atoms with Crippen LogP contribution in [0.3, 0.4) is 0 Å². The van der Waals surface area contributed by atoms with Crippen LogP contribution in [0.25, 0.3) is 17.2 Å². The monoisotopic (exact) mass is 248 g/mol. The van der Waals surface area contributed by atoms with E-state index in [0.29, 0.717) is 0 Å². The second-order valence-electron chi connectivity index (χ2n) is 6.35. The molecule has 0 aromatic heterocycles. The summed E-state index contributed by atoms with van der Waals surface area (Å²) in [5.74, 6) is 0. The zero-order valence-corrected chi connectivity index (χ0v) is 11.9. The molecule has 0 unspecified atom stereocenters. The molecular weight excluding hydrogens is 228 g/mol. The minimum absolute atomic E-state index is 0.223. The van der Waals surface area contributed by atoms with Crippen LogP contribution in [0, 0.1) is 0 Å². The van der Waals surface area contributed by atoms with Crippen molar-refractivity contribution in [1.29, 1.82) is 0 Å². The van der Waals surface area contributed by atoms with Crippen molar-refractivity contribution in [2.24, 2.45) is 0 Å². The molecule has 96 valence electrons. The Morgan fingerprint density at radius 1 is 0.842 bits per heavy atom. The van der Waals surface area contributed by atoms with Crippen LogP contribution in [0.1, 0.15) is 37.5 Å². The normalized spacial score (nSPS) is 13.6. The Morgan fingerprint density at radius 2 is 1.53 bits per heavy atom. The molecule has 0 bridgehead atoms. The number of hydrogen-bond donors (Lipinski definition) is 0. The van der Waals surface area contributed by atoms with Gasteiger partial charge in [-0.25, -0.2) is 0 Å². The molecule has 19 heavy (non-hydrogen) atoms. The van der Waals surface area contributed by atoms with Crippen LogP contribution in [-0.4, -0.2) is 0 Å². The fraction of sp³-hybridized carbons (Fsp3) is 0.263. The molecule has 0 saturated heterocycles. The lowest BCUT2D eigenvalue weighted by Crippen LogP contribution is -2.10. The molecule has 0 N–H and O–H groups in total. The van der Waals surface area contributed by atoms with Crippen LogP contribution in [-0.2, 0) is 11.8 Å². The van der Waals surface area contributed by atoms with Gasteiger partial charge >= 0.3 is 0 Å². The molecule has 3 rings (SSSR count). The molecule has 0 saturated carbocycles. The molecule has 2 aromatic carbocycles. The standard InChI is InChI=1S/C19H20/c1-19(2,3)18-11-9-15(10-12-18)17-8-7-14-5-4-6-16(14)13-17/h4-5,7-13H,6H2,1-3H3. The first-order valence-corrected chi connectivity index (χ1v) is 6.94. The van der Waals surface area contributed by atoms with E-state index in [9.17, 15) is 0 Å². The summed E-state index contributed by atoms with van der Waals surface area (Å²) in [6.07, 6.45) is 5.52. The van der Waals surface area contributed by atoms with E-state index < -0.39 is 0 Å². The topological polar surface area (TPSA) is 0 Å². The summed E-state index contributed by atoms with van der Waals surface area (Å²) in [5, 5.41) is 0. The average Bonchev–Trinajstić information content (AvgIpc) is 2.85. The van der Waals surface area contributed by atoms with Crippen molar-refractivity contribution >= 4 is 6.08 Å². The SMILES string of the molecule is CC(C)(C)c1ccc(-c2ccc3c(c2)CC=C3)cc1. The summed E-state index contributed by atoms with van der Waals surface area (Å²) in [5.41, 5.74) is 7.05. The number of hydrogen-bond acceptors (Lipinski definition) is 0. The van der Waals surface area contributed by atoms with E-state index in [-0.39, 0.29) is 5.41 Å². The van der Waals surface area contributed by atoms with Gasteiger partial charge in [0, 0.05) is 0 Å². The Hall–Kier alpha value is -1.82. The number of allylic oxidation sites excluding steroid dienone is 1. The lowest BCUT2D eigenvalue weighted by Gasteiger charge is -2.19. The second kappa shape index (κ2) is 4.38. The van der Waals surface area contributed by atoms with Crippen LogP contribution in [0.15, 0.2) is 48.5 Å². The van der Waals surface area contributed by atoms with Crippen molar-refractivity contribution in [2.45, 2.75) is 32.6 Å². The van der Waals surface area contributed by atoms with Gasteiger partial charge < -0.3 is 0 Å². The Morgan fingerprint density at radius 3 is 2.21 bits per heavy atom. The van der Waals surface area contributed by atoms with Crippen LogP contribution in [0.2, 0.25) is 0 Å². The van der Waals surface area contributed by atoms with Gasteiger partial charge in [0.2, 0.25) is 0 Å². The number of rotatable bonds is 1. The first-order valence-electron chi connectivity index (χ1n) is 6.94. The van der Waals surface area contributed by atoms with Gasteiger partial charge in [-0.15, -0.1) is 0 Å². The van der Waals surface area contributed by atoms with E-state index in [1.807, 2.05) is 0 Å². The predicted octanol–water partition coefficient (Wildman–Crippen LogP) is 5.22. The Labute approximate surface area is 115 Å². The molecular formula is C19H20. The Bertz CT molecular complexity index is 622. The zero-order chi connectivity index (χ0) is 13.5. The van der Waals surface area contributed by atoms with Gasteiger partial charge in [0.1, 0.15) is 0 Å². The minimum Gasteiger partial charge on any atom is -0.0795 e. The maximum Gasteiger partial charge on any atom is -0.00880 e. The fourth-order valence-electron chi connectivity index (χ4n) is 2.60. The van der Waals surface area contributed by atoms with Crippen LogP contribution in [0.5, 0.6) is 0 Å². The molecule has 0 aliphatic heterocycles. The summed E-state index contributed by atoms with van der Waals surface area (Å²) in [4.78, 5) is 0. The maximum atomic E-state index is 2.32. The highest BCUT2D eigenvalue weighted by atomic mass is 14.2. The van der Waals surface area contributed by atoms with E-state index in [2.05, 4.69) is 75.4 Å². The van der Waals surface area contributed by atoms with Gasteiger partial charge in [-0.3, -0.25) is 0 Å². The smallest absolute Gasteiger partial charge is 0.00880 e. The highest BCUT2D eigenvalue weighted by molar-refractivity contribution is 5.70. The van der Waals surface area contributed by atoms with Crippen LogP contribution in [0.4, 0.5) is 0 Å².